The minimum absolute atomic E-state index is 0.0826. The van der Waals surface area contributed by atoms with Gasteiger partial charge in [0.05, 0.1) is 5.25 Å². The molecule has 1 atom stereocenters. The van der Waals surface area contributed by atoms with Gasteiger partial charge in [0, 0.05) is 18.7 Å². The van der Waals surface area contributed by atoms with E-state index in [4.69, 9.17) is 0 Å². The SMILES string of the molecule is Cc1cc(C)c(C#N)c(SC(C)C(=O)Nc2ccccc2C)[nH+]1. The molecule has 1 aromatic carbocycles. The zero-order valence-corrected chi connectivity index (χ0v) is 14.5. The van der Waals surface area contributed by atoms with E-state index in [0.29, 0.717) is 5.56 Å². The van der Waals surface area contributed by atoms with Gasteiger partial charge < -0.3 is 5.32 Å². The van der Waals surface area contributed by atoms with E-state index in [2.05, 4.69) is 16.4 Å². The average Bonchev–Trinajstić information content (AvgIpc) is 2.49. The van der Waals surface area contributed by atoms with Crippen LogP contribution in [0.3, 0.4) is 0 Å². The molecule has 1 amide bonds. The second kappa shape index (κ2) is 7.30. The van der Waals surface area contributed by atoms with Gasteiger partial charge in [0.1, 0.15) is 11.6 Å². The molecule has 0 aliphatic carbocycles. The van der Waals surface area contributed by atoms with E-state index >= 15 is 0 Å². The Labute approximate surface area is 140 Å². The summed E-state index contributed by atoms with van der Waals surface area (Å²) in [5, 5.41) is 12.7. The molecular formula is C18H20N3OS+. The van der Waals surface area contributed by atoms with Crippen LogP contribution in [-0.2, 0) is 4.79 Å². The standard InChI is InChI=1S/C18H19N3OS/c1-11-7-5-6-8-16(11)21-17(22)14(4)23-18-15(10-19)12(2)9-13(3)20-18/h5-9,14H,1-4H3,(H,21,22)/p+1. The van der Waals surface area contributed by atoms with Crippen LogP contribution in [0.4, 0.5) is 5.69 Å². The van der Waals surface area contributed by atoms with Gasteiger partial charge in [0.2, 0.25) is 5.91 Å². The van der Waals surface area contributed by atoms with Crippen molar-refractivity contribution in [2.75, 3.05) is 5.32 Å². The second-order valence-corrected chi connectivity index (χ2v) is 6.87. The van der Waals surface area contributed by atoms with Gasteiger partial charge in [0.15, 0.2) is 5.69 Å². The Bertz CT molecular complexity index is 780. The number of nitrogens with one attached hydrogen (secondary N) is 2. The highest BCUT2D eigenvalue weighted by atomic mass is 32.2. The molecule has 1 unspecified atom stereocenters. The third-order valence-electron chi connectivity index (χ3n) is 3.54. The number of pyridine rings is 1. The fraction of sp³-hybridized carbons (Fsp3) is 0.278. The summed E-state index contributed by atoms with van der Waals surface area (Å²) in [7, 11) is 0. The van der Waals surface area contributed by atoms with E-state index in [1.807, 2.05) is 58.0 Å². The molecule has 0 aliphatic heterocycles. The fourth-order valence-corrected chi connectivity index (χ4v) is 3.32. The second-order valence-electron chi connectivity index (χ2n) is 5.52. The molecule has 1 aromatic heterocycles. The normalized spacial score (nSPS) is 11.6. The third-order valence-corrected chi connectivity index (χ3v) is 4.65. The molecule has 5 heteroatoms. The molecule has 23 heavy (non-hydrogen) atoms. The summed E-state index contributed by atoms with van der Waals surface area (Å²) < 4.78 is 0. The summed E-state index contributed by atoms with van der Waals surface area (Å²) in [6.07, 6.45) is 0. The van der Waals surface area contributed by atoms with Crippen molar-refractivity contribution in [1.82, 2.24) is 0 Å². The number of benzene rings is 1. The summed E-state index contributed by atoms with van der Waals surface area (Å²) in [6, 6.07) is 11.8. The number of para-hydroxylation sites is 1. The van der Waals surface area contributed by atoms with Gasteiger partial charge in [0.25, 0.3) is 5.03 Å². The lowest BCUT2D eigenvalue weighted by atomic mass is 10.1. The summed E-state index contributed by atoms with van der Waals surface area (Å²) >= 11 is 1.37. The topological polar surface area (TPSA) is 67.0 Å². The summed E-state index contributed by atoms with van der Waals surface area (Å²) in [5.74, 6) is -0.0826. The largest absolute Gasteiger partial charge is 0.325 e. The van der Waals surface area contributed by atoms with E-state index in [1.54, 1.807) is 0 Å². The Morgan fingerprint density at radius 2 is 1.96 bits per heavy atom. The molecule has 0 saturated heterocycles. The fourth-order valence-electron chi connectivity index (χ4n) is 2.26. The maximum absolute atomic E-state index is 12.4. The molecule has 118 valence electrons. The maximum Gasteiger partial charge on any atom is 0.257 e. The number of carbonyl (C=O) groups is 1. The number of amides is 1. The first-order valence-electron chi connectivity index (χ1n) is 7.39. The highest BCUT2D eigenvalue weighted by molar-refractivity contribution is 8.00. The smallest absolute Gasteiger partial charge is 0.257 e. The van der Waals surface area contributed by atoms with Crippen molar-refractivity contribution in [2.45, 2.75) is 38.0 Å². The van der Waals surface area contributed by atoms with Gasteiger partial charge in [-0.3, -0.25) is 4.79 Å². The summed E-state index contributed by atoms with van der Waals surface area (Å²) in [4.78, 5) is 15.6. The van der Waals surface area contributed by atoms with Crippen molar-refractivity contribution in [1.29, 1.82) is 5.26 Å². The Morgan fingerprint density at radius 1 is 1.26 bits per heavy atom. The molecule has 0 bridgehead atoms. The number of rotatable bonds is 4. The van der Waals surface area contributed by atoms with Gasteiger partial charge in [-0.2, -0.15) is 5.26 Å². The minimum Gasteiger partial charge on any atom is -0.325 e. The molecule has 4 nitrogen and oxygen atoms in total. The van der Waals surface area contributed by atoms with Gasteiger partial charge in [-0.15, -0.1) is 0 Å². The number of H-pyrrole nitrogens is 1. The van der Waals surface area contributed by atoms with Crippen LogP contribution >= 0.6 is 11.8 Å². The highest BCUT2D eigenvalue weighted by Gasteiger charge is 2.23. The lowest BCUT2D eigenvalue weighted by Crippen LogP contribution is -2.25. The van der Waals surface area contributed by atoms with Crippen molar-refractivity contribution in [3.63, 3.8) is 0 Å². The van der Waals surface area contributed by atoms with Crippen molar-refractivity contribution in [2.24, 2.45) is 0 Å². The molecule has 2 rings (SSSR count). The van der Waals surface area contributed by atoms with Crippen LogP contribution in [0.5, 0.6) is 0 Å². The van der Waals surface area contributed by atoms with Crippen LogP contribution in [0.1, 0.15) is 29.3 Å². The Morgan fingerprint density at radius 3 is 2.61 bits per heavy atom. The Kier molecular flexibility index (Phi) is 5.41. The predicted octanol–water partition coefficient (Wildman–Crippen LogP) is 3.42. The molecule has 0 fully saturated rings. The number of nitrogens with zero attached hydrogens (tertiary/aromatic N) is 1. The van der Waals surface area contributed by atoms with E-state index in [9.17, 15) is 10.1 Å². The number of hydrogen-bond acceptors (Lipinski definition) is 3. The van der Waals surface area contributed by atoms with E-state index in [-0.39, 0.29) is 11.2 Å². The Hall–Kier alpha value is -2.32. The van der Waals surface area contributed by atoms with E-state index in [1.165, 1.54) is 11.8 Å². The molecule has 0 radical (unpaired) electrons. The molecule has 2 N–H and O–H groups in total. The lowest BCUT2D eigenvalue weighted by Gasteiger charge is -2.12. The molecule has 1 heterocycles. The van der Waals surface area contributed by atoms with Crippen LogP contribution in [0.15, 0.2) is 35.4 Å². The van der Waals surface area contributed by atoms with E-state index < -0.39 is 0 Å². The molecule has 0 aliphatic rings. The van der Waals surface area contributed by atoms with Crippen molar-refractivity contribution < 1.29 is 9.78 Å². The van der Waals surface area contributed by atoms with Gasteiger partial charge in [-0.05, 0) is 49.7 Å². The number of aromatic amines is 1. The van der Waals surface area contributed by atoms with Crippen molar-refractivity contribution in [3.8, 4) is 6.07 Å². The first-order valence-corrected chi connectivity index (χ1v) is 8.27. The number of anilines is 1. The highest BCUT2D eigenvalue weighted by Crippen LogP contribution is 2.26. The number of aromatic nitrogens is 1. The number of nitriles is 1. The van der Waals surface area contributed by atoms with Crippen LogP contribution in [0.2, 0.25) is 0 Å². The molecular weight excluding hydrogens is 306 g/mol. The lowest BCUT2D eigenvalue weighted by molar-refractivity contribution is -0.435. The zero-order valence-electron chi connectivity index (χ0n) is 13.7. The predicted molar refractivity (Wildman–Crippen MR) is 92.3 cm³/mol. The van der Waals surface area contributed by atoms with Crippen LogP contribution in [0.25, 0.3) is 0 Å². The summed E-state index contributed by atoms with van der Waals surface area (Å²) in [6.45, 7) is 7.64. The number of thioether (sulfide) groups is 1. The quantitative estimate of drug-likeness (QED) is 0.875. The first kappa shape index (κ1) is 17.0. The third kappa shape index (κ3) is 4.11. The maximum atomic E-state index is 12.4. The first-order chi connectivity index (χ1) is 10.9. The molecule has 0 spiro atoms. The van der Waals surface area contributed by atoms with Crippen molar-refractivity contribution >= 4 is 23.4 Å². The number of hydrogen-bond donors (Lipinski definition) is 1. The molecule has 0 saturated carbocycles. The summed E-state index contributed by atoms with van der Waals surface area (Å²) in [5.41, 5.74) is 4.31. The molecule has 2 aromatic rings. The van der Waals surface area contributed by atoms with Gasteiger partial charge >= 0.3 is 0 Å². The Balaban J connectivity index is 2.16. The van der Waals surface area contributed by atoms with Crippen LogP contribution in [-0.4, -0.2) is 11.2 Å². The van der Waals surface area contributed by atoms with Gasteiger partial charge in [-0.25, -0.2) is 4.98 Å². The number of carbonyl (C=O) groups excluding carboxylic acids is 1. The zero-order chi connectivity index (χ0) is 17.0. The average molecular weight is 326 g/mol. The monoisotopic (exact) mass is 326 g/mol. The van der Waals surface area contributed by atoms with Crippen molar-refractivity contribution in [3.05, 3.63) is 52.7 Å². The van der Waals surface area contributed by atoms with Gasteiger partial charge in [-0.1, -0.05) is 18.2 Å². The van der Waals surface area contributed by atoms with Crippen LogP contribution < -0.4 is 10.3 Å². The minimum atomic E-state index is -0.320. The number of aryl methyl sites for hydroxylation is 3. The van der Waals surface area contributed by atoms with Crippen LogP contribution in [0, 0.1) is 32.1 Å². The van der Waals surface area contributed by atoms with E-state index in [0.717, 1.165) is 27.5 Å².